The Kier molecular flexibility index (Phi) is 11.7. The summed E-state index contributed by atoms with van der Waals surface area (Å²) in [5, 5.41) is 3.97. The lowest BCUT2D eigenvalue weighted by atomic mass is 10.0. The van der Waals surface area contributed by atoms with Gasteiger partial charge in [0.05, 0.1) is 17.7 Å². The van der Waals surface area contributed by atoms with E-state index in [2.05, 4.69) is 5.32 Å². The Morgan fingerprint density at radius 2 is 1.52 bits per heavy atom. The number of hydrogen-bond acceptors (Lipinski definition) is 5. The maximum Gasteiger partial charge on any atom is 0.264 e. The van der Waals surface area contributed by atoms with Crippen LogP contribution >= 0.6 is 23.2 Å². The van der Waals surface area contributed by atoms with Gasteiger partial charge in [-0.1, -0.05) is 96.2 Å². The topological polar surface area (TPSA) is 96.0 Å². The molecule has 0 aromatic heterocycles. The number of halogens is 2. The van der Waals surface area contributed by atoms with Crippen molar-refractivity contribution in [1.29, 1.82) is 0 Å². The summed E-state index contributed by atoms with van der Waals surface area (Å²) in [7, 11) is -2.90. The minimum absolute atomic E-state index is 0.00741. The molecule has 0 saturated heterocycles. The quantitative estimate of drug-likeness (QED) is 0.159. The Balaban J connectivity index is 1.60. The summed E-state index contributed by atoms with van der Waals surface area (Å²) in [5.74, 6) is -0.654. The first kappa shape index (κ1) is 35.3. The van der Waals surface area contributed by atoms with E-state index in [9.17, 15) is 18.0 Å². The van der Waals surface area contributed by atoms with E-state index in [1.807, 2.05) is 37.3 Å². The largest absolute Gasteiger partial charge is 0.495 e. The summed E-state index contributed by atoms with van der Waals surface area (Å²) < 4.78 is 35.3. The monoisotopic (exact) mass is 707 g/mol. The molecule has 5 rings (SSSR count). The van der Waals surface area contributed by atoms with E-state index in [4.69, 9.17) is 27.9 Å². The Morgan fingerprint density at radius 1 is 0.875 bits per heavy atom. The summed E-state index contributed by atoms with van der Waals surface area (Å²) in [5.41, 5.74) is 2.56. The van der Waals surface area contributed by atoms with Gasteiger partial charge in [0.25, 0.3) is 10.0 Å². The number of nitrogens with one attached hydrogen (secondary N) is 1. The van der Waals surface area contributed by atoms with Crippen LogP contribution in [0.4, 0.5) is 5.69 Å². The van der Waals surface area contributed by atoms with Crippen molar-refractivity contribution in [3.8, 4) is 5.75 Å². The molecule has 0 unspecified atom stereocenters. The second-order valence-electron chi connectivity index (χ2n) is 12.0. The van der Waals surface area contributed by atoms with Gasteiger partial charge in [-0.2, -0.15) is 0 Å². The van der Waals surface area contributed by atoms with Crippen LogP contribution in [0.25, 0.3) is 0 Å². The Morgan fingerprint density at radius 3 is 2.17 bits per heavy atom. The van der Waals surface area contributed by atoms with Gasteiger partial charge in [0.15, 0.2) is 0 Å². The first-order chi connectivity index (χ1) is 23.0. The fourth-order valence-corrected chi connectivity index (χ4v) is 7.63. The maximum atomic E-state index is 14.7. The van der Waals surface area contributed by atoms with Gasteiger partial charge in [-0.05, 0) is 73.4 Å². The molecule has 11 heteroatoms. The molecule has 48 heavy (non-hydrogen) atoms. The standard InChI is InChI=1S/C37H39Cl2N3O5S/c1-26-12-19-32(20-13-26)48(45,46)42(33-23-30(39)18-21-35(33)47-2)25-36(43)41(24-28-14-16-29(38)17-15-28)34(22-27-8-4-3-5-9-27)37(44)40-31-10-6-7-11-31/h3-5,8-9,12-21,23,31,34H,6-7,10-11,22,24-25H2,1-2H3,(H,40,44)/t34-/m0/s1. The van der Waals surface area contributed by atoms with Crippen molar-refractivity contribution in [1.82, 2.24) is 10.2 Å². The van der Waals surface area contributed by atoms with Gasteiger partial charge in [0, 0.05) is 29.1 Å². The normalized spacial score (nSPS) is 13.9. The first-order valence-corrected chi connectivity index (χ1v) is 18.1. The van der Waals surface area contributed by atoms with Crippen molar-refractivity contribution in [3.63, 3.8) is 0 Å². The van der Waals surface area contributed by atoms with Crippen LogP contribution in [0.1, 0.15) is 42.4 Å². The molecule has 0 radical (unpaired) electrons. The molecule has 0 spiro atoms. The van der Waals surface area contributed by atoms with E-state index < -0.39 is 28.5 Å². The summed E-state index contributed by atoms with van der Waals surface area (Å²) >= 11 is 12.6. The van der Waals surface area contributed by atoms with E-state index in [-0.39, 0.29) is 46.3 Å². The Hall–Kier alpha value is -4.05. The highest BCUT2D eigenvalue weighted by Crippen LogP contribution is 2.35. The number of anilines is 1. The van der Waals surface area contributed by atoms with Crippen LogP contribution in [0.3, 0.4) is 0 Å². The van der Waals surface area contributed by atoms with Crippen molar-refractivity contribution in [2.75, 3.05) is 18.0 Å². The van der Waals surface area contributed by atoms with Crippen molar-refractivity contribution in [2.24, 2.45) is 0 Å². The van der Waals surface area contributed by atoms with Crippen LogP contribution in [-0.4, -0.2) is 50.9 Å². The number of carbonyl (C=O) groups is 2. The lowest BCUT2D eigenvalue weighted by Gasteiger charge is -2.34. The number of benzene rings is 4. The Labute approximate surface area is 292 Å². The molecular formula is C37H39Cl2N3O5S. The molecule has 252 valence electrons. The van der Waals surface area contributed by atoms with Gasteiger partial charge >= 0.3 is 0 Å². The predicted molar refractivity (Wildman–Crippen MR) is 190 cm³/mol. The molecule has 4 aromatic carbocycles. The number of carbonyl (C=O) groups excluding carboxylic acids is 2. The molecule has 0 heterocycles. The summed E-state index contributed by atoms with van der Waals surface area (Å²) in [6.07, 6.45) is 4.01. The second-order valence-corrected chi connectivity index (χ2v) is 14.7. The summed E-state index contributed by atoms with van der Waals surface area (Å²) in [6, 6.07) is 26.5. The molecule has 0 aliphatic heterocycles. The zero-order valence-corrected chi connectivity index (χ0v) is 29.3. The van der Waals surface area contributed by atoms with Crippen molar-refractivity contribution >= 4 is 50.7 Å². The third-order valence-corrected chi connectivity index (χ3v) is 10.8. The van der Waals surface area contributed by atoms with Crippen LogP contribution in [0, 0.1) is 6.92 Å². The number of methoxy groups -OCH3 is 1. The number of rotatable bonds is 13. The van der Waals surface area contributed by atoms with Gasteiger partial charge in [-0.15, -0.1) is 0 Å². The fourth-order valence-electron chi connectivity index (χ4n) is 5.92. The zero-order valence-electron chi connectivity index (χ0n) is 26.9. The molecule has 4 aromatic rings. The van der Waals surface area contributed by atoms with Gasteiger partial charge in [0.1, 0.15) is 18.3 Å². The number of aryl methyl sites for hydroxylation is 1. The van der Waals surface area contributed by atoms with Crippen LogP contribution in [0.5, 0.6) is 5.75 Å². The maximum absolute atomic E-state index is 14.7. The van der Waals surface area contributed by atoms with Crippen molar-refractivity contribution < 1.29 is 22.7 Å². The minimum Gasteiger partial charge on any atom is -0.495 e. The lowest BCUT2D eigenvalue weighted by molar-refractivity contribution is -0.140. The highest BCUT2D eigenvalue weighted by atomic mass is 35.5. The van der Waals surface area contributed by atoms with Gasteiger partial charge in [0.2, 0.25) is 11.8 Å². The molecule has 1 atom stereocenters. The van der Waals surface area contributed by atoms with Crippen LogP contribution < -0.4 is 14.4 Å². The van der Waals surface area contributed by atoms with Crippen LogP contribution in [0.2, 0.25) is 10.0 Å². The smallest absolute Gasteiger partial charge is 0.264 e. The van der Waals surface area contributed by atoms with Gasteiger partial charge in [-0.3, -0.25) is 13.9 Å². The molecule has 1 aliphatic carbocycles. The average Bonchev–Trinajstić information content (AvgIpc) is 3.59. The van der Waals surface area contributed by atoms with Crippen LogP contribution in [-0.2, 0) is 32.6 Å². The minimum atomic E-state index is -4.32. The highest BCUT2D eigenvalue weighted by Gasteiger charge is 2.36. The number of sulfonamides is 1. The highest BCUT2D eigenvalue weighted by molar-refractivity contribution is 7.92. The van der Waals surface area contributed by atoms with E-state index in [1.165, 1.54) is 30.2 Å². The Bertz CT molecular complexity index is 1810. The molecule has 2 amide bonds. The van der Waals surface area contributed by atoms with Gasteiger partial charge in [-0.25, -0.2) is 8.42 Å². The molecule has 0 bridgehead atoms. The van der Waals surface area contributed by atoms with Crippen molar-refractivity contribution in [3.05, 3.63) is 124 Å². The van der Waals surface area contributed by atoms with E-state index >= 15 is 0 Å². The fraction of sp³-hybridized carbons (Fsp3) is 0.297. The van der Waals surface area contributed by atoms with Crippen molar-refractivity contribution in [2.45, 2.75) is 62.6 Å². The summed E-state index contributed by atoms with van der Waals surface area (Å²) in [4.78, 5) is 30.3. The lowest BCUT2D eigenvalue weighted by Crippen LogP contribution is -2.54. The van der Waals surface area contributed by atoms with Gasteiger partial charge < -0.3 is 15.0 Å². The molecule has 1 aliphatic rings. The number of hydrogen-bond donors (Lipinski definition) is 1. The first-order valence-electron chi connectivity index (χ1n) is 15.9. The predicted octanol–water partition coefficient (Wildman–Crippen LogP) is 7.20. The van der Waals surface area contributed by atoms with E-state index in [0.717, 1.165) is 46.7 Å². The zero-order chi connectivity index (χ0) is 34.3. The SMILES string of the molecule is COc1ccc(Cl)cc1N(CC(=O)N(Cc1ccc(Cl)cc1)[C@@H](Cc1ccccc1)C(=O)NC1CCCC1)S(=O)(=O)c1ccc(C)cc1. The second kappa shape index (κ2) is 15.9. The van der Waals surface area contributed by atoms with E-state index in [1.54, 1.807) is 48.5 Å². The molecule has 8 nitrogen and oxygen atoms in total. The molecule has 1 saturated carbocycles. The summed E-state index contributed by atoms with van der Waals surface area (Å²) in [6.45, 7) is 1.27. The third-order valence-electron chi connectivity index (χ3n) is 8.54. The molecule has 1 fully saturated rings. The molecule has 1 N–H and O–H groups in total. The number of nitrogens with zero attached hydrogens (tertiary/aromatic N) is 2. The van der Waals surface area contributed by atoms with Crippen LogP contribution in [0.15, 0.2) is 102 Å². The number of ether oxygens (including phenoxy) is 1. The molecular weight excluding hydrogens is 669 g/mol. The third kappa shape index (κ3) is 8.69. The number of amides is 2. The van der Waals surface area contributed by atoms with E-state index in [0.29, 0.717) is 5.02 Å². The average molecular weight is 709 g/mol.